The summed E-state index contributed by atoms with van der Waals surface area (Å²) in [6, 6.07) is 4.14. The minimum atomic E-state index is 0.0690. The molecule has 1 N–H and O–H groups in total. The number of fused-ring (bicyclic) bond motifs is 5. The molecule has 0 radical (unpaired) electrons. The molecule has 3 saturated carbocycles. The molecule has 5 atom stereocenters. The fourth-order valence-electron chi connectivity index (χ4n) is 5.21. The van der Waals surface area contributed by atoms with Gasteiger partial charge in [0.05, 0.1) is 5.56 Å². The molecule has 0 unspecified atom stereocenters. The van der Waals surface area contributed by atoms with E-state index in [1.807, 2.05) is 18.4 Å². The number of rotatable bonds is 3. The van der Waals surface area contributed by atoms with Gasteiger partial charge in [-0.1, -0.05) is 6.42 Å². The van der Waals surface area contributed by atoms with Crippen LogP contribution in [0.5, 0.6) is 0 Å². The number of hydrogen-bond acceptors (Lipinski definition) is 3. The molecule has 1 amide bonds. The van der Waals surface area contributed by atoms with Gasteiger partial charge >= 0.3 is 0 Å². The van der Waals surface area contributed by atoms with Gasteiger partial charge < -0.3 is 5.32 Å². The van der Waals surface area contributed by atoms with Gasteiger partial charge in [0.25, 0.3) is 5.91 Å². The van der Waals surface area contributed by atoms with Gasteiger partial charge in [-0.15, -0.1) is 11.8 Å². The summed E-state index contributed by atoms with van der Waals surface area (Å²) in [4.78, 5) is 16.9. The predicted molar refractivity (Wildman–Crippen MR) is 84.3 cm³/mol. The quantitative estimate of drug-likeness (QED) is 0.871. The van der Waals surface area contributed by atoms with Crippen LogP contribution in [0.3, 0.4) is 0 Å². The van der Waals surface area contributed by atoms with Crippen LogP contribution < -0.4 is 5.32 Å². The zero-order chi connectivity index (χ0) is 14.4. The van der Waals surface area contributed by atoms with E-state index in [9.17, 15) is 4.79 Å². The molecule has 0 spiro atoms. The first-order valence-electron chi connectivity index (χ1n) is 8.08. The Kier molecular flexibility index (Phi) is 3.44. The Morgan fingerprint density at radius 3 is 3.00 bits per heavy atom. The molecular weight excluding hydrogens is 280 g/mol. The van der Waals surface area contributed by atoms with E-state index >= 15 is 0 Å². The molecule has 3 aliphatic carbocycles. The summed E-state index contributed by atoms with van der Waals surface area (Å²) in [5, 5.41) is 4.15. The first-order chi connectivity index (χ1) is 10.3. The molecule has 0 saturated heterocycles. The number of nitrogens with one attached hydrogen (secondary N) is 1. The lowest BCUT2D eigenvalue weighted by molar-refractivity contribution is 0.0897. The van der Waals surface area contributed by atoms with Crippen molar-refractivity contribution < 1.29 is 4.79 Å². The van der Waals surface area contributed by atoms with Gasteiger partial charge in [-0.3, -0.25) is 4.79 Å². The van der Waals surface area contributed by atoms with Crippen LogP contribution in [0, 0.1) is 23.7 Å². The van der Waals surface area contributed by atoms with Crippen LogP contribution in [0.25, 0.3) is 0 Å². The molecule has 3 fully saturated rings. The van der Waals surface area contributed by atoms with Gasteiger partial charge in [-0.05, 0) is 67.7 Å². The number of carbonyl (C=O) groups excluding carboxylic acids is 1. The van der Waals surface area contributed by atoms with Crippen LogP contribution in [0.1, 0.15) is 42.5 Å². The van der Waals surface area contributed by atoms with Crippen molar-refractivity contribution in [1.82, 2.24) is 10.3 Å². The highest BCUT2D eigenvalue weighted by atomic mass is 32.2. The van der Waals surface area contributed by atoms with E-state index in [4.69, 9.17) is 0 Å². The summed E-state index contributed by atoms with van der Waals surface area (Å²) in [6.45, 7) is 0. The molecule has 1 heterocycles. The molecular formula is C17H22N2OS. The molecule has 3 aliphatic rings. The zero-order valence-electron chi connectivity index (χ0n) is 12.4. The van der Waals surface area contributed by atoms with Crippen molar-refractivity contribution in [3.63, 3.8) is 0 Å². The van der Waals surface area contributed by atoms with Crippen LogP contribution in [0.15, 0.2) is 23.4 Å². The Morgan fingerprint density at radius 1 is 1.29 bits per heavy atom. The van der Waals surface area contributed by atoms with Gasteiger partial charge in [0, 0.05) is 12.2 Å². The Balaban J connectivity index is 1.48. The van der Waals surface area contributed by atoms with Gasteiger partial charge in [0.1, 0.15) is 5.03 Å². The number of hydrogen-bond donors (Lipinski definition) is 1. The summed E-state index contributed by atoms with van der Waals surface area (Å²) in [6.07, 6.45) is 10.5. The standard InChI is InChI=1S/C17H22N2OS/c1-21-17-13(6-3-7-18-17)16(20)19-15-9-10-8-14(15)12-5-2-4-11(10)12/h3,6-7,10-12,14-15H,2,4-5,8-9H2,1H3,(H,19,20)/t10-,11-,12-,14+,15-/m1/s1. The lowest BCUT2D eigenvalue weighted by Gasteiger charge is -2.32. The van der Waals surface area contributed by atoms with Crippen molar-refractivity contribution in [1.29, 1.82) is 0 Å². The summed E-state index contributed by atoms with van der Waals surface area (Å²) in [5.74, 6) is 3.55. The van der Waals surface area contributed by atoms with Gasteiger partial charge in [-0.25, -0.2) is 4.98 Å². The number of thioether (sulfide) groups is 1. The number of aromatic nitrogens is 1. The topological polar surface area (TPSA) is 42.0 Å². The minimum absolute atomic E-state index is 0.0690. The Bertz CT molecular complexity index is 561. The second-order valence-electron chi connectivity index (χ2n) is 6.79. The van der Waals surface area contributed by atoms with E-state index in [-0.39, 0.29) is 5.91 Å². The predicted octanol–water partition coefficient (Wildman–Crippen LogP) is 3.36. The van der Waals surface area contributed by atoms with Crippen molar-refractivity contribution >= 4 is 17.7 Å². The fourth-order valence-corrected chi connectivity index (χ4v) is 5.75. The second-order valence-corrected chi connectivity index (χ2v) is 7.59. The minimum Gasteiger partial charge on any atom is -0.349 e. The van der Waals surface area contributed by atoms with Crippen molar-refractivity contribution in [2.45, 2.75) is 43.2 Å². The third kappa shape index (κ3) is 2.19. The summed E-state index contributed by atoms with van der Waals surface area (Å²) in [7, 11) is 0. The van der Waals surface area contributed by atoms with Crippen LogP contribution in [-0.4, -0.2) is 23.2 Å². The molecule has 21 heavy (non-hydrogen) atoms. The van der Waals surface area contributed by atoms with Crippen molar-refractivity contribution in [2.24, 2.45) is 23.7 Å². The average Bonchev–Trinajstić information content (AvgIpc) is 3.19. The maximum Gasteiger partial charge on any atom is 0.254 e. The Labute approximate surface area is 130 Å². The van der Waals surface area contributed by atoms with Gasteiger partial charge in [0.15, 0.2) is 0 Å². The SMILES string of the molecule is CSc1ncccc1C(=O)N[C@@H]1C[C@H]2C[C@H]1[C@@H]1CCC[C@H]21. The van der Waals surface area contributed by atoms with E-state index in [1.165, 1.54) is 32.1 Å². The third-order valence-corrected chi connectivity index (χ3v) is 6.67. The highest BCUT2D eigenvalue weighted by molar-refractivity contribution is 7.98. The second kappa shape index (κ2) is 5.31. The van der Waals surface area contributed by atoms with Crippen molar-refractivity contribution in [3.05, 3.63) is 23.9 Å². The monoisotopic (exact) mass is 302 g/mol. The number of nitrogens with zero attached hydrogens (tertiary/aromatic N) is 1. The van der Waals surface area contributed by atoms with Crippen LogP contribution in [0.2, 0.25) is 0 Å². The number of pyridine rings is 1. The van der Waals surface area contributed by atoms with E-state index < -0.39 is 0 Å². The molecule has 4 rings (SSSR count). The lowest BCUT2D eigenvalue weighted by atomic mass is 9.79. The molecule has 0 aliphatic heterocycles. The van der Waals surface area contributed by atoms with E-state index in [0.29, 0.717) is 6.04 Å². The smallest absolute Gasteiger partial charge is 0.254 e. The Hall–Kier alpha value is -1.03. The number of carbonyl (C=O) groups is 1. The average molecular weight is 302 g/mol. The third-order valence-electron chi connectivity index (χ3n) is 5.95. The van der Waals surface area contributed by atoms with Crippen LogP contribution >= 0.6 is 11.8 Å². The van der Waals surface area contributed by atoms with E-state index in [2.05, 4.69) is 10.3 Å². The normalized spacial score (nSPS) is 36.7. The van der Waals surface area contributed by atoms with E-state index in [1.54, 1.807) is 18.0 Å². The highest BCUT2D eigenvalue weighted by Gasteiger charge is 2.54. The van der Waals surface area contributed by atoms with Crippen LogP contribution in [-0.2, 0) is 0 Å². The summed E-state index contributed by atoms with van der Waals surface area (Å²) in [5.41, 5.74) is 0.732. The first kappa shape index (κ1) is 13.6. The molecule has 2 bridgehead atoms. The summed E-state index contributed by atoms with van der Waals surface area (Å²) >= 11 is 1.54. The largest absolute Gasteiger partial charge is 0.349 e. The maximum atomic E-state index is 12.6. The fraction of sp³-hybridized carbons (Fsp3) is 0.647. The van der Waals surface area contributed by atoms with Crippen LogP contribution in [0.4, 0.5) is 0 Å². The van der Waals surface area contributed by atoms with Gasteiger partial charge in [-0.2, -0.15) is 0 Å². The van der Waals surface area contributed by atoms with Gasteiger partial charge in [0.2, 0.25) is 0 Å². The van der Waals surface area contributed by atoms with Crippen molar-refractivity contribution in [3.8, 4) is 0 Å². The zero-order valence-corrected chi connectivity index (χ0v) is 13.2. The lowest BCUT2D eigenvalue weighted by Crippen LogP contribution is -2.42. The molecule has 4 heteroatoms. The molecule has 1 aromatic heterocycles. The summed E-state index contributed by atoms with van der Waals surface area (Å²) < 4.78 is 0. The Morgan fingerprint density at radius 2 is 2.14 bits per heavy atom. The van der Waals surface area contributed by atoms with E-state index in [0.717, 1.165) is 34.3 Å². The maximum absolute atomic E-state index is 12.6. The first-order valence-corrected chi connectivity index (χ1v) is 9.30. The van der Waals surface area contributed by atoms with Crippen molar-refractivity contribution in [2.75, 3.05) is 6.26 Å². The molecule has 1 aromatic rings. The number of amides is 1. The molecule has 3 nitrogen and oxygen atoms in total. The molecule has 0 aromatic carbocycles. The molecule has 112 valence electrons. The highest BCUT2D eigenvalue weighted by Crippen LogP contribution is 2.58.